The zero-order chi connectivity index (χ0) is 19.6. The molecule has 29 heavy (non-hydrogen) atoms. The lowest BCUT2D eigenvalue weighted by molar-refractivity contribution is 0.984. The first kappa shape index (κ1) is 17.8. The highest BCUT2D eigenvalue weighted by Crippen LogP contribution is 2.28. The van der Waals surface area contributed by atoms with E-state index in [2.05, 4.69) is 64.6 Å². The van der Waals surface area contributed by atoms with Gasteiger partial charge in [0, 0.05) is 11.1 Å². The molecule has 4 heteroatoms. The molecule has 0 amide bonds. The molecule has 0 N–H and O–H groups in total. The molecule has 3 aromatic carbocycles. The van der Waals surface area contributed by atoms with Gasteiger partial charge in [-0.3, -0.25) is 0 Å². The molecule has 1 aliphatic rings. The number of aryl methyl sites for hydroxylation is 1. The van der Waals surface area contributed by atoms with Gasteiger partial charge in [-0.2, -0.15) is 9.97 Å². The van der Waals surface area contributed by atoms with Gasteiger partial charge in [-0.25, -0.2) is 4.98 Å². The molecular formula is C25H18ClN3. The molecule has 0 radical (unpaired) electrons. The number of hydrogen-bond donors (Lipinski definition) is 0. The zero-order valence-corrected chi connectivity index (χ0v) is 16.5. The molecule has 0 unspecified atom stereocenters. The zero-order valence-electron chi connectivity index (χ0n) is 15.7. The summed E-state index contributed by atoms with van der Waals surface area (Å²) in [5.74, 6) is 1.17. The predicted octanol–water partition coefficient (Wildman–Crippen LogP) is 6.49. The largest absolute Gasteiger partial charge is 0.226 e. The van der Waals surface area contributed by atoms with Crippen molar-refractivity contribution in [1.82, 2.24) is 15.0 Å². The molecule has 3 nitrogen and oxygen atoms in total. The van der Waals surface area contributed by atoms with E-state index >= 15 is 0 Å². The second-order valence-electron chi connectivity index (χ2n) is 7.05. The van der Waals surface area contributed by atoms with Crippen LogP contribution in [0, 0.1) is 0 Å². The van der Waals surface area contributed by atoms with Crippen LogP contribution in [0.4, 0.5) is 0 Å². The molecule has 1 aliphatic carbocycles. The molecule has 0 saturated carbocycles. The Hall–Kier alpha value is -3.30. The predicted molar refractivity (Wildman–Crippen MR) is 119 cm³/mol. The highest BCUT2D eigenvalue weighted by atomic mass is 35.5. The van der Waals surface area contributed by atoms with Crippen molar-refractivity contribution in [3.8, 4) is 33.9 Å². The Bertz CT molecular complexity index is 1200. The first-order chi connectivity index (χ1) is 14.3. The van der Waals surface area contributed by atoms with E-state index in [-0.39, 0.29) is 5.28 Å². The third kappa shape index (κ3) is 3.69. The van der Waals surface area contributed by atoms with Crippen LogP contribution in [-0.2, 0) is 6.42 Å². The van der Waals surface area contributed by atoms with Crippen LogP contribution in [0.2, 0.25) is 5.28 Å². The molecule has 0 bridgehead atoms. The Balaban J connectivity index is 1.51. The van der Waals surface area contributed by atoms with Crippen molar-refractivity contribution in [2.75, 3.05) is 0 Å². The molecule has 0 spiro atoms. The van der Waals surface area contributed by atoms with Crippen LogP contribution < -0.4 is 0 Å². The topological polar surface area (TPSA) is 38.7 Å². The molecule has 0 atom stereocenters. The molecule has 0 aliphatic heterocycles. The fraction of sp³-hybridized carbons (Fsp3) is 0.0800. The average molecular weight is 396 g/mol. The second kappa shape index (κ2) is 7.61. The number of rotatable bonds is 3. The van der Waals surface area contributed by atoms with Gasteiger partial charge < -0.3 is 0 Å². The van der Waals surface area contributed by atoms with E-state index in [1.807, 2.05) is 30.3 Å². The van der Waals surface area contributed by atoms with Crippen LogP contribution in [0.5, 0.6) is 0 Å². The van der Waals surface area contributed by atoms with E-state index in [1.54, 1.807) is 0 Å². The van der Waals surface area contributed by atoms with E-state index in [4.69, 9.17) is 16.6 Å². The summed E-state index contributed by atoms with van der Waals surface area (Å²) in [5, 5.41) is 0.199. The van der Waals surface area contributed by atoms with Gasteiger partial charge in [0.05, 0.1) is 0 Å². The van der Waals surface area contributed by atoms with E-state index in [0.29, 0.717) is 11.6 Å². The van der Waals surface area contributed by atoms with Crippen molar-refractivity contribution in [2.24, 2.45) is 0 Å². The third-order valence-electron chi connectivity index (χ3n) is 5.14. The number of allylic oxidation sites excluding steroid dienone is 1. The van der Waals surface area contributed by atoms with Crippen molar-refractivity contribution in [3.05, 3.63) is 95.3 Å². The summed E-state index contributed by atoms with van der Waals surface area (Å²) in [6.07, 6.45) is 6.52. The van der Waals surface area contributed by atoms with Crippen LogP contribution in [0.1, 0.15) is 17.5 Å². The molecule has 140 valence electrons. The monoisotopic (exact) mass is 395 g/mol. The minimum absolute atomic E-state index is 0.199. The SMILES string of the molecule is Clc1nc(-c2ccc(-c3ccccc3)cc2)nc(-c2ccc3c(c2)C=CCC3)n1. The smallest absolute Gasteiger partial charge is 0.208 e. The number of nitrogens with zero attached hydrogens (tertiary/aromatic N) is 3. The van der Waals surface area contributed by atoms with Gasteiger partial charge >= 0.3 is 0 Å². The number of aromatic nitrogens is 3. The molecule has 1 heterocycles. The van der Waals surface area contributed by atoms with Crippen molar-refractivity contribution < 1.29 is 0 Å². The summed E-state index contributed by atoms with van der Waals surface area (Å²) in [6, 6.07) is 24.8. The third-order valence-corrected chi connectivity index (χ3v) is 5.31. The van der Waals surface area contributed by atoms with E-state index in [9.17, 15) is 0 Å². The number of halogens is 1. The quantitative estimate of drug-likeness (QED) is 0.398. The highest BCUT2D eigenvalue weighted by Gasteiger charge is 2.12. The van der Waals surface area contributed by atoms with Gasteiger partial charge in [0.1, 0.15) is 0 Å². The van der Waals surface area contributed by atoms with Crippen LogP contribution in [0.15, 0.2) is 78.9 Å². The first-order valence-electron chi connectivity index (χ1n) is 9.63. The van der Waals surface area contributed by atoms with Gasteiger partial charge in [0.15, 0.2) is 11.6 Å². The summed E-state index contributed by atoms with van der Waals surface area (Å²) in [6.45, 7) is 0. The highest BCUT2D eigenvalue weighted by molar-refractivity contribution is 6.28. The maximum absolute atomic E-state index is 6.24. The second-order valence-corrected chi connectivity index (χ2v) is 7.39. The lowest BCUT2D eigenvalue weighted by atomic mass is 9.95. The van der Waals surface area contributed by atoms with Crippen LogP contribution in [-0.4, -0.2) is 15.0 Å². The summed E-state index contributed by atoms with van der Waals surface area (Å²) < 4.78 is 0. The Kier molecular flexibility index (Phi) is 4.66. The van der Waals surface area contributed by atoms with Crippen molar-refractivity contribution in [1.29, 1.82) is 0 Å². The molecular weight excluding hydrogens is 378 g/mol. The van der Waals surface area contributed by atoms with Crippen molar-refractivity contribution in [3.63, 3.8) is 0 Å². The lowest BCUT2D eigenvalue weighted by Gasteiger charge is -2.12. The maximum atomic E-state index is 6.24. The first-order valence-corrected chi connectivity index (χ1v) is 10.0. The summed E-state index contributed by atoms with van der Waals surface area (Å²) in [7, 11) is 0. The standard InChI is InChI=1S/C25H18ClN3/c26-25-28-23(20-13-10-19(11-14-20)17-6-2-1-3-7-17)27-24(29-25)22-15-12-18-8-4-5-9-21(18)16-22/h1-3,5-7,9-16H,4,8H2. The molecule has 0 fully saturated rings. The number of benzene rings is 3. The van der Waals surface area contributed by atoms with Crippen molar-refractivity contribution in [2.45, 2.75) is 12.8 Å². The number of fused-ring (bicyclic) bond motifs is 1. The Morgan fingerprint density at radius 2 is 1.31 bits per heavy atom. The van der Waals surface area contributed by atoms with E-state index < -0.39 is 0 Å². The Labute approximate surface area is 174 Å². The molecule has 0 saturated heterocycles. The van der Waals surface area contributed by atoms with Crippen LogP contribution >= 0.6 is 11.6 Å². The van der Waals surface area contributed by atoms with Gasteiger partial charge in [-0.05, 0) is 52.8 Å². The normalized spacial score (nSPS) is 12.6. The summed E-state index contributed by atoms with van der Waals surface area (Å²) >= 11 is 6.24. The Morgan fingerprint density at radius 3 is 2.10 bits per heavy atom. The van der Waals surface area contributed by atoms with Crippen LogP contribution in [0.25, 0.3) is 40.0 Å². The van der Waals surface area contributed by atoms with Crippen LogP contribution in [0.3, 0.4) is 0 Å². The minimum atomic E-state index is 0.199. The lowest BCUT2D eigenvalue weighted by Crippen LogP contribution is -1.99. The average Bonchev–Trinajstić information content (AvgIpc) is 2.79. The summed E-state index contributed by atoms with van der Waals surface area (Å²) in [4.78, 5) is 13.4. The minimum Gasteiger partial charge on any atom is -0.208 e. The maximum Gasteiger partial charge on any atom is 0.226 e. The molecule has 1 aromatic heterocycles. The molecule has 4 aromatic rings. The van der Waals surface area contributed by atoms with Gasteiger partial charge in [0.2, 0.25) is 5.28 Å². The fourth-order valence-corrected chi connectivity index (χ4v) is 3.78. The molecule has 5 rings (SSSR count). The number of hydrogen-bond acceptors (Lipinski definition) is 3. The van der Waals surface area contributed by atoms with E-state index in [1.165, 1.54) is 16.7 Å². The van der Waals surface area contributed by atoms with E-state index in [0.717, 1.165) is 29.5 Å². The summed E-state index contributed by atoms with van der Waals surface area (Å²) in [5.41, 5.74) is 6.76. The fourth-order valence-electron chi connectivity index (χ4n) is 3.62. The Morgan fingerprint density at radius 1 is 0.655 bits per heavy atom. The van der Waals surface area contributed by atoms with Gasteiger partial charge in [-0.15, -0.1) is 0 Å². The van der Waals surface area contributed by atoms with Crippen molar-refractivity contribution >= 4 is 17.7 Å². The van der Waals surface area contributed by atoms with Gasteiger partial charge in [0.25, 0.3) is 0 Å². The van der Waals surface area contributed by atoms with Gasteiger partial charge in [-0.1, -0.05) is 78.9 Å².